The molecule has 0 aliphatic heterocycles. The minimum Gasteiger partial charge on any atom is -0.547 e. The summed E-state index contributed by atoms with van der Waals surface area (Å²) in [6, 6.07) is 0. The molecular weight excluding hydrogens is 248 g/mol. The highest BCUT2D eigenvalue weighted by atomic mass is 28.4. The Hall–Kier alpha value is -0.243. The summed E-state index contributed by atoms with van der Waals surface area (Å²) in [7, 11) is -1.49. The second-order valence-corrected chi connectivity index (χ2v) is 12.6. The van der Waals surface area contributed by atoms with Gasteiger partial charge in [0.1, 0.15) is 0 Å². The maximum absolute atomic E-state index is 6.43. The lowest BCUT2D eigenvalue weighted by Gasteiger charge is -2.39. The van der Waals surface area contributed by atoms with Crippen molar-refractivity contribution < 1.29 is 4.43 Å². The van der Waals surface area contributed by atoms with Crippen LogP contribution in [-0.4, -0.2) is 8.32 Å². The third kappa shape index (κ3) is 5.72. The maximum Gasteiger partial charge on any atom is 0.241 e. The summed E-state index contributed by atoms with van der Waals surface area (Å²) in [5.41, 5.74) is 0.321. The SMILES string of the molecule is CCCC[C@H]1C=C(O[Si](C)(C)C)[C@H](C(C)(C)C)CC1. The standard InChI is InChI=1S/C17H34OSi/c1-8-9-10-14-11-12-15(17(2,3)4)16(13-14)18-19(5,6)7/h13-15H,8-12H2,1-7H3/t14-,15-/m1/s1. The fourth-order valence-electron chi connectivity index (χ4n) is 2.97. The Labute approximate surface area is 122 Å². The highest BCUT2D eigenvalue weighted by Crippen LogP contribution is 2.42. The van der Waals surface area contributed by atoms with Gasteiger partial charge in [0.25, 0.3) is 0 Å². The first-order chi connectivity index (χ1) is 8.63. The zero-order valence-corrected chi connectivity index (χ0v) is 15.2. The molecule has 0 saturated heterocycles. The molecule has 1 rings (SSSR count). The number of rotatable bonds is 5. The van der Waals surface area contributed by atoms with Crippen LogP contribution in [-0.2, 0) is 4.43 Å². The van der Waals surface area contributed by atoms with Crippen LogP contribution in [0.3, 0.4) is 0 Å². The largest absolute Gasteiger partial charge is 0.547 e. The average molecular weight is 283 g/mol. The molecule has 0 aromatic carbocycles. The van der Waals surface area contributed by atoms with Crippen molar-refractivity contribution in [2.24, 2.45) is 17.3 Å². The highest BCUT2D eigenvalue weighted by Gasteiger charge is 2.35. The van der Waals surface area contributed by atoms with Crippen molar-refractivity contribution in [1.82, 2.24) is 0 Å². The lowest BCUT2D eigenvalue weighted by atomic mass is 9.72. The first-order valence-electron chi connectivity index (χ1n) is 8.04. The Bertz CT molecular complexity index is 306. The fraction of sp³-hybridized carbons (Fsp3) is 0.882. The van der Waals surface area contributed by atoms with E-state index < -0.39 is 8.32 Å². The highest BCUT2D eigenvalue weighted by molar-refractivity contribution is 6.70. The van der Waals surface area contributed by atoms with Crippen LogP contribution in [0.25, 0.3) is 0 Å². The van der Waals surface area contributed by atoms with Crippen molar-refractivity contribution in [3.63, 3.8) is 0 Å². The predicted octanol–water partition coefficient (Wildman–Crippen LogP) is 5.98. The molecule has 0 saturated carbocycles. The second kappa shape index (κ2) is 6.47. The van der Waals surface area contributed by atoms with Gasteiger partial charge in [0.15, 0.2) is 0 Å². The average Bonchev–Trinajstić information content (AvgIpc) is 2.22. The van der Waals surface area contributed by atoms with Crippen molar-refractivity contribution in [1.29, 1.82) is 0 Å². The van der Waals surface area contributed by atoms with Gasteiger partial charge in [-0.05, 0) is 56.3 Å². The van der Waals surface area contributed by atoms with Gasteiger partial charge in [-0.25, -0.2) is 0 Å². The first kappa shape index (κ1) is 16.8. The van der Waals surface area contributed by atoms with Gasteiger partial charge < -0.3 is 4.43 Å². The van der Waals surface area contributed by atoms with Crippen molar-refractivity contribution >= 4 is 8.32 Å². The molecule has 0 N–H and O–H groups in total. The van der Waals surface area contributed by atoms with Gasteiger partial charge in [0.05, 0.1) is 5.76 Å². The van der Waals surface area contributed by atoms with Crippen LogP contribution in [0.2, 0.25) is 19.6 Å². The number of unbranched alkanes of at least 4 members (excludes halogenated alkanes) is 1. The Morgan fingerprint density at radius 1 is 1.21 bits per heavy atom. The summed E-state index contributed by atoms with van der Waals surface area (Å²) in [6.07, 6.45) is 9.12. The molecule has 19 heavy (non-hydrogen) atoms. The van der Waals surface area contributed by atoms with E-state index in [0.29, 0.717) is 11.3 Å². The number of hydrogen-bond acceptors (Lipinski definition) is 1. The molecule has 0 bridgehead atoms. The van der Waals surface area contributed by atoms with E-state index in [1.54, 1.807) is 0 Å². The Balaban J connectivity index is 2.86. The van der Waals surface area contributed by atoms with E-state index in [2.05, 4.69) is 53.4 Å². The molecule has 0 unspecified atom stereocenters. The smallest absolute Gasteiger partial charge is 0.241 e. The number of allylic oxidation sites excluding steroid dienone is 2. The molecule has 0 radical (unpaired) electrons. The van der Waals surface area contributed by atoms with E-state index >= 15 is 0 Å². The lowest BCUT2D eigenvalue weighted by Crippen LogP contribution is -2.34. The summed E-state index contributed by atoms with van der Waals surface area (Å²) in [5.74, 6) is 2.68. The Kier molecular flexibility index (Phi) is 5.73. The molecule has 1 nitrogen and oxygen atoms in total. The van der Waals surface area contributed by atoms with Crippen molar-refractivity contribution in [2.75, 3.05) is 0 Å². The fourth-order valence-corrected chi connectivity index (χ4v) is 3.88. The van der Waals surface area contributed by atoms with Crippen LogP contribution >= 0.6 is 0 Å². The summed E-state index contributed by atoms with van der Waals surface area (Å²) in [6.45, 7) is 16.2. The minimum absolute atomic E-state index is 0.321. The zero-order chi connectivity index (χ0) is 14.7. The summed E-state index contributed by atoms with van der Waals surface area (Å²) >= 11 is 0. The molecule has 0 aromatic heterocycles. The Morgan fingerprint density at radius 2 is 1.84 bits per heavy atom. The van der Waals surface area contributed by atoms with Gasteiger partial charge in [0, 0.05) is 5.92 Å². The van der Waals surface area contributed by atoms with Crippen LogP contribution in [0.15, 0.2) is 11.8 Å². The van der Waals surface area contributed by atoms with E-state index in [4.69, 9.17) is 4.43 Å². The Morgan fingerprint density at radius 3 is 2.32 bits per heavy atom. The van der Waals surface area contributed by atoms with Crippen LogP contribution < -0.4 is 0 Å². The quantitative estimate of drug-likeness (QED) is 0.563. The molecule has 1 aliphatic rings. The van der Waals surface area contributed by atoms with Crippen molar-refractivity contribution in [3.05, 3.63) is 11.8 Å². The lowest BCUT2D eigenvalue weighted by molar-refractivity contribution is 0.171. The molecule has 0 amide bonds. The van der Waals surface area contributed by atoms with E-state index in [-0.39, 0.29) is 0 Å². The molecule has 0 spiro atoms. The molecule has 112 valence electrons. The summed E-state index contributed by atoms with van der Waals surface area (Å²) in [4.78, 5) is 0. The molecular formula is C17H34OSi. The predicted molar refractivity (Wildman–Crippen MR) is 87.7 cm³/mol. The zero-order valence-electron chi connectivity index (χ0n) is 14.2. The third-order valence-electron chi connectivity index (χ3n) is 3.97. The van der Waals surface area contributed by atoms with Crippen LogP contribution in [0.4, 0.5) is 0 Å². The second-order valence-electron chi connectivity index (χ2n) is 8.18. The maximum atomic E-state index is 6.43. The molecule has 0 aromatic rings. The molecule has 0 fully saturated rings. The normalized spacial score (nSPS) is 25.1. The third-order valence-corrected chi connectivity index (χ3v) is 4.82. The monoisotopic (exact) mass is 282 g/mol. The van der Waals surface area contributed by atoms with E-state index in [0.717, 1.165) is 5.92 Å². The summed E-state index contributed by atoms with van der Waals surface area (Å²) in [5, 5.41) is 0. The first-order valence-corrected chi connectivity index (χ1v) is 11.4. The van der Waals surface area contributed by atoms with Crippen molar-refractivity contribution in [3.8, 4) is 0 Å². The van der Waals surface area contributed by atoms with Crippen LogP contribution in [0, 0.1) is 17.3 Å². The van der Waals surface area contributed by atoms with E-state index in [9.17, 15) is 0 Å². The van der Waals surface area contributed by atoms with Gasteiger partial charge in [-0.3, -0.25) is 0 Å². The number of hydrogen-bond donors (Lipinski definition) is 0. The minimum atomic E-state index is -1.49. The van der Waals surface area contributed by atoms with Gasteiger partial charge >= 0.3 is 0 Å². The van der Waals surface area contributed by atoms with E-state index in [1.165, 1.54) is 37.9 Å². The van der Waals surface area contributed by atoms with Gasteiger partial charge in [-0.2, -0.15) is 0 Å². The molecule has 0 heterocycles. The van der Waals surface area contributed by atoms with Gasteiger partial charge in [-0.1, -0.05) is 40.5 Å². The van der Waals surface area contributed by atoms with Crippen LogP contribution in [0.1, 0.15) is 59.8 Å². The van der Waals surface area contributed by atoms with E-state index in [1.807, 2.05) is 0 Å². The molecule has 2 atom stereocenters. The van der Waals surface area contributed by atoms with Gasteiger partial charge in [-0.15, -0.1) is 0 Å². The summed E-state index contributed by atoms with van der Waals surface area (Å²) < 4.78 is 6.43. The van der Waals surface area contributed by atoms with Crippen LogP contribution in [0.5, 0.6) is 0 Å². The topological polar surface area (TPSA) is 9.23 Å². The molecule has 2 heteroatoms. The molecule has 1 aliphatic carbocycles. The van der Waals surface area contributed by atoms with Gasteiger partial charge in [0.2, 0.25) is 8.32 Å². The van der Waals surface area contributed by atoms with Crippen molar-refractivity contribution in [2.45, 2.75) is 79.4 Å².